The van der Waals surface area contributed by atoms with Gasteiger partial charge in [-0.3, -0.25) is 0 Å². The highest BCUT2D eigenvalue weighted by atomic mass is 32.2. The van der Waals surface area contributed by atoms with Gasteiger partial charge in [-0.2, -0.15) is 11.8 Å². The van der Waals surface area contributed by atoms with E-state index in [4.69, 9.17) is 5.73 Å². The van der Waals surface area contributed by atoms with Gasteiger partial charge in [0.1, 0.15) is 0 Å². The Bertz CT molecular complexity index is 341. The number of hydrogen-bond donors (Lipinski definition) is 1. The molecule has 2 N–H and O–H groups in total. The topological polar surface area (TPSA) is 42.2 Å². The third-order valence-corrected chi connectivity index (χ3v) is 3.42. The molecule has 1 atom stereocenters. The zero-order valence-electron chi connectivity index (χ0n) is 10.5. The third kappa shape index (κ3) is 3.30. The van der Waals surface area contributed by atoms with E-state index in [2.05, 4.69) is 30.1 Å². The second-order valence-electron chi connectivity index (χ2n) is 4.11. The maximum Gasteiger partial charge on any atom is 0.152 e. The lowest BCUT2D eigenvalue weighted by Crippen LogP contribution is -2.30. The summed E-state index contributed by atoms with van der Waals surface area (Å²) in [6.45, 7) is 4.20. The Labute approximate surface area is 102 Å². The van der Waals surface area contributed by atoms with Crippen molar-refractivity contribution in [3.05, 3.63) is 17.8 Å². The summed E-state index contributed by atoms with van der Waals surface area (Å²) < 4.78 is 0. The molecule has 1 heterocycles. The number of rotatable bonds is 5. The fourth-order valence-electron chi connectivity index (χ4n) is 1.53. The first-order valence-electron chi connectivity index (χ1n) is 5.51. The summed E-state index contributed by atoms with van der Waals surface area (Å²) in [6.07, 6.45) is 3.28. The van der Waals surface area contributed by atoms with Gasteiger partial charge in [0.05, 0.1) is 5.69 Å². The van der Waals surface area contributed by atoms with Gasteiger partial charge in [-0.05, 0) is 44.4 Å². The highest BCUT2D eigenvalue weighted by Gasteiger charge is 2.13. The lowest BCUT2D eigenvalue weighted by Gasteiger charge is -2.27. The minimum absolute atomic E-state index is 0.462. The summed E-state index contributed by atoms with van der Waals surface area (Å²) in [6, 6.07) is 4.33. The SMILES string of the molecule is CSCCC(C)N(C)c1nc(C)ccc1N. The number of pyridine rings is 1. The van der Waals surface area contributed by atoms with Crippen molar-refractivity contribution in [3.8, 4) is 0 Å². The van der Waals surface area contributed by atoms with E-state index in [-0.39, 0.29) is 0 Å². The predicted molar refractivity (Wildman–Crippen MR) is 74.3 cm³/mol. The summed E-state index contributed by atoms with van der Waals surface area (Å²) in [5.41, 5.74) is 7.71. The Kier molecular flexibility index (Phi) is 4.93. The van der Waals surface area contributed by atoms with Gasteiger partial charge in [0, 0.05) is 18.8 Å². The van der Waals surface area contributed by atoms with Crippen LogP contribution < -0.4 is 10.6 Å². The van der Waals surface area contributed by atoms with Crippen LogP contribution in [0.3, 0.4) is 0 Å². The number of aryl methyl sites for hydroxylation is 1. The molecule has 1 aromatic rings. The zero-order chi connectivity index (χ0) is 12.1. The molecule has 0 bridgehead atoms. The lowest BCUT2D eigenvalue weighted by atomic mass is 10.2. The molecular formula is C12H21N3S. The monoisotopic (exact) mass is 239 g/mol. The van der Waals surface area contributed by atoms with Crippen LogP contribution in [-0.4, -0.2) is 30.1 Å². The van der Waals surface area contributed by atoms with Gasteiger partial charge in [-0.15, -0.1) is 0 Å². The Morgan fingerprint density at radius 1 is 1.50 bits per heavy atom. The number of hydrogen-bond acceptors (Lipinski definition) is 4. The lowest BCUT2D eigenvalue weighted by molar-refractivity contribution is 0.662. The molecule has 0 radical (unpaired) electrons. The molecule has 90 valence electrons. The maximum absolute atomic E-state index is 5.95. The van der Waals surface area contributed by atoms with Gasteiger partial charge in [0.2, 0.25) is 0 Å². The van der Waals surface area contributed by atoms with Gasteiger partial charge in [-0.1, -0.05) is 0 Å². The molecule has 0 saturated heterocycles. The molecule has 1 unspecified atom stereocenters. The summed E-state index contributed by atoms with van der Waals surface area (Å²) in [4.78, 5) is 6.66. The van der Waals surface area contributed by atoms with Crippen molar-refractivity contribution >= 4 is 23.3 Å². The Morgan fingerprint density at radius 3 is 2.81 bits per heavy atom. The van der Waals surface area contributed by atoms with Crippen LogP contribution in [0.15, 0.2) is 12.1 Å². The van der Waals surface area contributed by atoms with E-state index in [1.165, 1.54) is 0 Å². The molecule has 3 nitrogen and oxygen atoms in total. The normalized spacial score (nSPS) is 12.5. The molecule has 0 aliphatic rings. The van der Waals surface area contributed by atoms with Crippen molar-refractivity contribution in [2.45, 2.75) is 26.3 Å². The first-order chi connectivity index (χ1) is 7.56. The molecule has 0 amide bonds. The minimum Gasteiger partial charge on any atom is -0.396 e. The van der Waals surface area contributed by atoms with Crippen molar-refractivity contribution in [3.63, 3.8) is 0 Å². The summed E-state index contributed by atoms with van der Waals surface area (Å²) in [5, 5.41) is 0. The van der Waals surface area contributed by atoms with Crippen LogP contribution in [-0.2, 0) is 0 Å². The fraction of sp³-hybridized carbons (Fsp3) is 0.583. The van der Waals surface area contributed by atoms with E-state index in [0.717, 1.165) is 29.4 Å². The van der Waals surface area contributed by atoms with Gasteiger partial charge in [0.15, 0.2) is 5.82 Å². The first-order valence-corrected chi connectivity index (χ1v) is 6.90. The van der Waals surface area contributed by atoms with Crippen molar-refractivity contribution in [1.29, 1.82) is 0 Å². The first kappa shape index (κ1) is 13.2. The predicted octanol–water partition coefficient (Wildman–Crippen LogP) is 2.55. The fourth-order valence-corrected chi connectivity index (χ4v) is 2.10. The third-order valence-electron chi connectivity index (χ3n) is 2.78. The van der Waals surface area contributed by atoms with Crippen LogP contribution in [0.5, 0.6) is 0 Å². The number of anilines is 2. The molecular weight excluding hydrogens is 218 g/mol. The molecule has 0 aliphatic heterocycles. The quantitative estimate of drug-likeness (QED) is 0.857. The van der Waals surface area contributed by atoms with E-state index >= 15 is 0 Å². The van der Waals surface area contributed by atoms with Crippen molar-refractivity contribution in [1.82, 2.24) is 4.98 Å². The zero-order valence-corrected chi connectivity index (χ0v) is 11.3. The molecule has 0 saturated carbocycles. The maximum atomic E-state index is 5.95. The van der Waals surface area contributed by atoms with E-state index in [1.54, 1.807) is 0 Å². The van der Waals surface area contributed by atoms with Gasteiger partial charge < -0.3 is 10.6 Å². The van der Waals surface area contributed by atoms with Gasteiger partial charge in [0.25, 0.3) is 0 Å². The van der Waals surface area contributed by atoms with Crippen LogP contribution in [0.4, 0.5) is 11.5 Å². The number of nitrogens with zero attached hydrogens (tertiary/aromatic N) is 2. The summed E-state index contributed by atoms with van der Waals surface area (Å²) >= 11 is 1.87. The van der Waals surface area contributed by atoms with Crippen LogP contribution in [0.25, 0.3) is 0 Å². The molecule has 0 aliphatic carbocycles. The second kappa shape index (κ2) is 5.99. The van der Waals surface area contributed by atoms with Crippen LogP contribution in [0, 0.1) is 6.92 Å². The van der Waals surface area contributed by atoms with Crippen LogP contribution >= 0.6 is 11.8 Å². The average molecular weight is 239 g/mol. The molecule has 0 fully saturated rings. The molecule has 1 rings (SSSR count). The molecule has 4 heteroatoms. The average Bonchev–Trinajstić information content (AvgIpc) is 2.28. The summed E-state index contributed by atoms with van der Waals surface area (Å²) in [5.74, 6) is 2.06. The highest BCUT2D eigenvalue weighted by Crippen LogP contribution is 2.22. The molecule has 0 spiro atoms. The molecule has 0 aromatic carbocycles. The van der Waals surface area contributed by atoms with E-state index in [9.17, 15) is 0 Å². The Morgan fingerprint density at radius 2 is 2.19 bits per heavy atom. The number of thioether (sulfide) groups is 1. The highest BCUT2D eigenvalue weighted by molar-refractivity contribution is 7.98. The standard InChI is InChI=1S/C12H21N3S/c1-9-5-6-11(13)12(14-9)15(3)10(2)7-8-16-4/h5-6,10H,7-8,13H2,1-4H3. The molecule has 1 aromatic heterocycles. The minimum atomic E-state index is 0.462. The smallest absolute Gasteiger partial charge is 0.152 e. The largest absolute Gasteiger partial charge is 0.396 e. The van der Waals surface area contributed by atoms with E-state index < -0.39 is 0 Å². The van der Waals surface area contributed by atoms with E-state index in [1.807, 2.05) is 30.8 Å². The number of nitrogens with two attached hydrogens (primary N) is 1. The molecule has 16 heavy (non-hydrogen) atoms. The van der Waals surface area contributed by atoms with Crippen molar-refractivity contribution in [2.75, 3.05) is 29.7 Å². The van der Waals surface area contributed by atoms with Crippen molar-refractivity contribution < 1.29 is 0 Å². The number of nitrogen functional groups attached to an aromatic ring is 1. The van der Waals surface area contributed by atoms with Crippen molar-refractivity contribution in [2.24, 2.45) is 0 Å². The van der Waals surface area contributed by atoms with Gasteiger partial charge >= 0.3 is 0 Å². The second-order valence-corrected chi connectivity index (χ2v) is 5.09. The number of aromatic nitrogens is 1. The van der Waals surface area contributed by atoms with Gasteiger partial charge in [-0.25, -0.2) is 4.98 Å². The Balaban J connectivity index is 2.78. The van der Waals surface area contributed by atoms with Crippen LogP contribution in [0.1, 0.15) is 19.0 Å². The van der Waals surface area contributed by atoms with E-state index in [0.29, 0.717) is 6.04 Å². The summed E-state index contributed by atoms with van der Waals surface area (Å²) in [7, 11) is 2.06. The van der Waals surface area contributed by atoms with Crippen LogP contribution in [0.2, 0.25) is 0 Å². The Hall–Kier alpha value is -0.900.